The van der Waals surface area contributed by atoms with Crippen molar-refractivity contribution < 1.29 is 4.79 Å². The number of nitrogens with zero attached hydrogens (tertiary/aromatic N) is 4. The van der Waals surface area contributed by atoms with Crippen LogP contribution in [0.5, 0.6) is 0 Å². The highest BCUT2D eigenvalue weighted by atomic mass is 32.2. The lowest BCUT2D eigenvalue weighted by atomic mass is 10.7. The molecule has 17 heavy (non-hydrogen) atoms. The van der Waals surface area contributed by atoms with E-state index in [-0.39, 0.29) is 5.91 Å². The van der Waals surface area contributed by atoms with Gasteiger partial charge in [0.2, 0.25) is 16.2 Å². The fraction of sp³-hybridized carbons (Fsp3) is 0.286. The quantitative estimate of drug-likeness (QED) is 0.844. The van der Waals surface area contributed by atoms with Gasteiger partial charge >= 0.3 is 0 Å². The SMILES string of the molecule is CSc1nsc(SCC(=O)Nc2nncs2)n1. The van der Waals surface area contributed by atoms with Crippen LogP contribution in [-0.4, -0.2) is 37.5 Å². The average molecular weight is 305 g/mol. The van der Waals surface area contributed by atoms with Crippen LogP contribution < -0.4 is 5.32 Å². The summed E-state index contributed by atoms with van der Waals surface area (Å²) in [4.78, 5) is 15.7. The molecule has 2 rings (SSSR count). The number of carbonyl (C=O) groups is 1. The van der Waals surface area contributed by atoms with E-state index in [1.165, 1.54) is 46.4 Å². The molecule has 0 aliphatic carbocycles. The summed E-state index contributed by atoms with van der Waals surface area (Å²) in [5.74, 6) is 0.176. The van der Waals surface area contributed by atoms with Crippen molar-refractivity contribution in [1.82, 2.24) is 19.6 Å². The number of aromatic nitrogens is 4. The summed E-state index contributed by atoms with van der Waals surface area (Å²) < 4.78 is 4.90. The zero-order chi connectivity index (χ0) is 12.1. The summed E-state index contributed by atoms with van der Waals surface area (Å²) in [5, 5.41) is 11.3. The molecule has 0 saturated heterocycles. The van der Waals surface area contributed by atoms with E-state index in [2.05, 4.69) is 24.9 Å². The van der Waals surface area contributed by atoms with E-state index in [4.69, 9.17) is 0 Å². The molecule has 0 radical (unpaired) electrons. The normalized spacial score (nSPS) is 10.4. The Kier molecular flexibility index (Phi) is 4.71. The van der Waals surface area contributed by atoms with Crippen molar-refractivity contribution in [2.45, 2.75) is 9.50 Å². The molecule has 90 valence electrons. The van der Waals surface area contributed by atoms with Crippen LogP contribution in [0.2, 0.25) is 0 Å². The van der Waals surface area contributed by atoms with Gasteiger partial charge in [-0.1, -0.05) is 34.9 Å². The lowest BCUT2D eigenvalue weighted by Crippen LogP contribution is -2.13. The van der Waals surface area contributed by atoms with Gasteiger partial charge in [0.1, 0.15) is 5.51 Å². The Hall–Kier alpha value is -0.710. The first-order valence-electron chi connectivity index (χ1n) is 4.34. The molecule has 6 nitrogen and oxygen atoms in total. The van der Waals surface area contributed by atoms with Gasteiger partial charge < -0.3 is 0 Å². The summed E-state index contributed by atoms with van der Waals surface area (Å²) >= 11 is 5.44. The molecule has 1 amide bonds. The third-order valence-corrected chi connectivity index (χ3v) is 4.61. The van der Waals surface area contributed by atoms with Crippen LogP contribution >= 0.6 is 46.4 Å². The van der Waals surface area contributed by atoms with Crippen LogP contribution in [0.25, 0.3) is 0 Å². The van der Waals surface area contributed by atoms with Crippen LogP contribution in [0.4, 0.5) is 5.13 Å². The summed E-state index contributed by atoms with van der Waals surface area (Å²) in [7, 11) is 0. The summed E-state index contributed by atoms with van der Waals surface area (Å²) in [6, 6.07) is 0. The molecule has 0 saturated carbocycles. The average Bonchev–Trinajstić information content (AvgIpc) is 2.96. The van der Waals surface area contributed by atoms with E-state index in [9.17, 15) is 4.79 Å². The van der Waals surface area contributed by atoms with Crippen LogP contribution in [-0.2, 0) is 4.79 Å². The van der Waals surface area contributed by atoms with Gasteiger partial charge in [0.05, 0.1) is 5.75 Å². The zero-order valence-corrected chi connectivity index (χ0v) is 11.9. The third kappa shape index (κ3) is 3.91. The largest absolute Gasteiger partial charge is 0.300 e. The molecule has 0 atom stereocenters. The van der Waals surface area contributed by atoms with Crippen molar-refractivity contribution in [3.8, 4) is 0 Å². The molecule has 0 unspecified atom stereocenters. The smallest absolute Gasteiger partial charge is 0.236 e. The fourth-order valence-corrected chi connectivity index (χ4v) is 3.32. The van der Waals surface area contributed by atoms with Crippen molar-refractivity contribution in [1.29, 1.82) is 0 Å². The minimum Gasteiger partial charge on any atom is -0.300 e. The van der Waals surface area contributed by atoms with Crippen LogP contribution in [0, 0.1) is 0 Å². The summed E-state index contributed by atoms with van der Waals surface area (Å²) in [5.41, 5.74) is 1.57. The first-order chi connectivity index (χ1) is 8.28. The van der Waals surface area contributed by atoms with Crippen LogP contribution in [0.1, 0.15) is 0 Å². The molecule has 0 aliphatic rings. The Labute approximate surface area is 114 Å². The zero-order valence-electron chi connectivity index (χ0n) is 8.61. The number of anilines is 1. The maximum atomic E-state index is 11.5. The van der Waals surface area contributed by atoms with E-state index >= 15 is 0 Å². The number of amides is 1. The number of carbonyl (C=O) groups excluding carboxylic acids is 1. The number of rotatable bonds is 5. The van der Waals surface area contributed by atoms with Gasteiger partial charge in [-0.2, -0.15) is 4.37 Å². The van der Waals surface area contributed by atoms with Gasteiger partial charge in [-0.3, -0.25) is 10.1 Å². The van der Waals surface area contributed by atoms with Gasteiger partial charge in [-0.25, -0.2) is 4.98 Å². The number of hydrogen-bond acceptors (Lipinski definition) is 9. The predicted octanol–water partition coefficient (Wildman–Crippen LogP) is 1.84. The lowest BCUT2D eigenvalue weighted by Gasteiger charge is -1.97. The molecule has 2 aromatic rings. The second-order valence-electron chi connectivity index (χ2n) is 2.63. The molecule has 2 heterocycles. The number of nitrogens with one attached hydrogen (secondary N) is 1. The Balaban J connectivity index is 1.79. The molecule has 0 aromatic carbocycles. The summed E-state index contributed by atoms with van der Waals surface area (Å²) in [6.45, 7) is 0. The second-order valence-corrected chi connectivity index (χ2v) is 6.21. The van der Waals surface area contributed by atoms with Gasteiger partial charge in [0.25, 0.3) is 0 Å². The van der Waals surface area contributed by atoms with Crippen molar-refractivity contribution in [2.24, 2.45) is 0 Å². The number of thioether (sulfide) groups is 2. The van der Waals surface area contributed by atoms with E-state index in [0.717, 1.165) is 9.50 Å². The van der Waals surface area contributed by atoms with Crippen molar-refractivity contribution in [3.05, 3.63) is 5.51 Å². The van der Waals surface area contributed by atoms with Gasteiger partial charge in [-0.15, -0.1) is 10.2 Å². The van der Waals surface area contributed by atoms with E-state index in [1.54, 1.807) is 5.51 Å². The van der Waals surface area contributed by atoms with Gasteiger partial charge in [-0.05, 0) is 17.8 Å². The summed E-state index contributed by atoms with van der Waals surface area (Å²) in [6.07, 6.45) is 1.92. The first kappa shape index (κ1) is 12.7. The van der Waals surface area contributed by atoms with E-state index in [1.807, 2.05) is 6.26 Å². The van der Waals surface area contributed by atoms with E-state index < -0.39 is 0 Å². The highest BCUT2D eigenvalue weighted by Crippen LogP contribution is 2.23. The minimum atomic E-state index is -0.118. The monoisotopic (exact) mass is 305 g/mol. The molecular formula is C7H7N5OS4. The number of hydrogen-bond donors (Lipinski definition) is 1. The highest BCUT2D eigenvalue weighted by Gasteiger charge is 2.08. The second kappa shape index (κ2) is 6.28. The Morgan fingerprint density at radius 1 is 1.59 bits per heavy atom. The van der Waals surface area contributed by atoms with Gasteiger partial charge in [0, 0.05) is 0 Å². The van der Waals surface area contributed by atoms with Crippen molar-refractivity contribution in [2.75, 3.05) is 17.3 Å². The Morgan fingerprint density at radius 3 is 3.12 bits per heavy atom. The third-order valence-electron chi connectivity index (χ3n) is 1.50. The molecule has 10 heteroatoms. The minimum absolute atomic E-state index is 0.118. The standard InChI is InChI=1S/C7H7N5OS4/c1-14-6-10-7(17-12-6)15-2-4(13)9-5-11-8-3-16-5/h3H,2H2,1H3,(H,9,11,13). The fourth-order valence-electron chi connectivity index (χ4n) is 0.849. The molecular weight excluding hydrogens is 298 g/mol. The highest BCUT2D eigenvalue weighted by molar-refractivity contribution is 8.01. The molecule has 0 aliphatic heterocycles. The maximum Gasteiger partial charge on any atom is 0.236 e. The molecule has 1 N–H and O–H groups in total. The topological polar surface area (TPSA) is 80.7 Å². The predicted molar refractivity (Wildman–Crippen MR) is 71.0 cm³/mol. The lowest BCUT2D eigenvalue weighted by molar-refractivity contribution is -0.113. The maximum absolute atomic E-state index is 11.5. The van der Waals surface area contributed by atoms with Crippen molar-refractivity contribution >= 4 is 57.4 Å². The molecule has 0 spiro atoms. The molecule has 0 bridgehead atoms. The van der Waals surface area contributed by atoms with Crippen LogP contribution in [0.3, 0.4) is 0 Å². The Morgan fingerprint density at radius 2 is 2.47 bits per heavy atom. The van der Waals surface area contributed by atoms with E-state index in [0.29, 0.717) is 10.9 Å². The van der Waals surface area contributed by atoms with Crippen LogP contribution in [0.15, 0.2) is 15.0 Å². The van der Waals surface area contributed by atoms with Crippen molar-refractivity contribution in [3.63, 3.8) is 0 Å². The van der Waals surface area contributed by atoms with Gasteiger partial charge in [0.15, 0.2) is 4.34 Å². The molecule has 2 aromatic heterocycles. The first-order valence-corrected chi connectivity index (χ1v) is 8.21. The molecule has 0 fully saturated rings. The Bertz CT molecular complexity index is 484.